The van der Waals surface area contributed by atoms with Crippen molar-refractivity contribution in [3.63, 3.8) is 0 Å². The quantitative estimate of drug-likeness (QED) is 0.725. The first-order chi connectivity index (χ1) is 4.83. The molecular weight excluding hydrogens is 195 g/mol. The lowest BCUT2D eigenvalue weighted by Crippen LogP contribution is -1.98. The Bertz CT molecular complexity index is 199. The van der Waals surface area contributed by atoms with Gasteiger partial charge in [-0.05, 0) is 24.3 Å². The third-order valence-corrected chi connectivity index (χ3v) is 1.57. The average molecular weight is 201 g/mol. The van der Waals surface area contributed by atoms with E-state index in [1.165, 1.54) is 0 Å². The third-order valence-electron chi connectivity index (χ3n) is 1.04. The number of rotatable bonds is 2. The Balaban J connectivity index is 2.69. The van der Waals surface area contributed by atoms with Gasteiger partial charge in [0.05, 0.1) is 0 Å². The van der Waals surface area contributed by atoms with Gasteiger partial charge in [-0.15, -0.1) is 0 Å². The number of halogens is 1. The molecule has 0 fully saturated rings. The standard InChI is InChI=1S/C6H6BBrO2/c8-5-1-3-6(4-2-5)10-7-9/h1-4,7,9H. The number of hydrogen-bond acceptors (Lipinski definition) is 2. The minimum Gasteiger partial charge on any atom is -0.539 e. The van der Waals surface area contributed by atoms with E-state index < -0.39 is 0 Å². The van der Waals surface area contributed by atoms with Gasteiger partial charge in [0, 0.05) is 4.47 Å². The van der Waals surface area contributed by atoms with Crippen LogP contribution in [0.4, 0.5) is 0 Å². The van der Waals surface area contributed by atoms with Gasteiger partial charge in [0.1, 0.15) is 5.75 Å². The summed E-state index contributed by atoms with van der Waals surface area (Å²) in [6, 6.07) is 7.26. The Kier molecular flexibility index (Phi) is 2.77. The molecule has 0 radical (unpaired) electrons. The van der Waals surface area contributed by atoms with Crippen molar-refractivity contribution in [1.82, 2.24) is 0 Å². The molecule has 0 heterocycles. The van der Waals surface area contributed by atoms with Crippen molar-refractivity contribution in [3.8, 4) is 5.75 Å². The van der Waals surface area contributed by atoms with Gasteiger partial charge in [0.15, 0.2) is 0 Å². The van der Waals surface area contributed by atoms with Gasteiger partial charge in [-0.3, -0.25) is 0 Å². The molecule has 0 saturated carbocycles. The first-order valence-corrected chi connectivity index (χ1v) is 3.61. The van der Waals surface area contributed by atoms with Crippen LogP contribution in [0.15, 0.2) is 28.7 Å². The molecule has 0 amide bonds. The lowest BCUT2D eigenvalue weighted by Gasteiger charge is -1.99. The summed E-state index contributed by atoms with van der Waals surface area (Å²) < 4.78 is 5.79. The van der Waals surface area contributed by atoms with E-state index in [0.29, 0.717) is 5.75 Å². The highest BCUT2D eigenvalue weighted by Gasteiger charge is 1.90. The summed E-state index contributed by atoms with van der Waals surface area (Å²) >= 11 is 3.28. The van der Waals surface area contributed by atoms with Crippen molar-refractivity contribution in [3.05, 3.63) is 28.7 Å². The van der Waals surface area contributed by atoms with Gasteiger partial charge in [-0.1, -0.05) is 15.9 Å². The highest BCUT2D eigenvalue weighted by Crippen LogP contribution is 2.15. The van der Waals surface area contributed by atoms with Crippen LogP contribution in [0.25, 0.3) is 0 Å². The van der Waals surface area contributed by atoms with Crippen LogP contribution in [-0.2, 0) is 0 Å². The van der Waals surface area contributed by atoms with E-state index in [9.17, 15) is 0 Å². The predicted octanol–water partition coefficient (Wildman–Crippen LogP) is 1.09. The van der Waals surface area contributed by atoms with Gasteiger partial charge >= 0.3 is 7.69 Å². The van der Waals surface area contributed by atoms with Crippen molar-refractivity contribution in [2.24, 2.45) is 0 Å². The van der Waals surface area contributed by atoms with Gasteiger partial charge < -0.3 is 9.68 Å². The Morgan fingerprint density at radius 2 is 1.90 bits per heavy atom. The Hall–Kier alpha value is -0.475. The smallest absolute Gasteiger partial charge is 0.504 e. The second-order valence-electron chi connectivity index (χ2n) is 1.73. The van der Waals surface area contributed by atoms with Crippen LogP contribution < -0.4 is 4.65 Å². The average Bonchev–Trinajstić information content (AvgIpc) is 1.95. The van der Waals surface area contributed by atoms with Crippen LogP contribution >= 0.6 is 15.9 Å². The second kappa shape index (κ2) is 3.63. The largest absolute Gasteiger partial charge is 0.539 e. The number of benzene rings is 1. The SMILES string of the molecule is OBOc1ccc(Br)cc1. The molecule has 1 N–H and O–H groups in total. The van der Waals surface area contributed by atoms with Gasteiger partial charge in [-0.25, -0.2) is 0 Å². The molecule has 0 aliphatic carbocycles. The minimum atomic E-state index is -0.276. The fourth-order valence-corrected chi connectivity index (χ4v) is 0.870. The van der Waals surface area contributed by atoms with Gasteiger partial charge in [0.25, 0.3) is 0 Å². The molecule has 0 bridgehead atoms. The van der Waals surface area contributed by atoms with Crippen LogP contribution in [0.5, 0.6) is 5.75 Å². The predicted molar refractivity (Wildman–Crippen MR) is 44.1 cm³/mol. The molecule has 1 aromatic carbocycles. The summed E-state index contributed by atoms with van der Waals surface area (Å²) in [5.74, 6) is 0.672. The molecule has 0 aromatic heterocycles. The van der Waals surface area contributed by atoms with Crippen molar-refractivity contribution in [2.45, 2.75) is 0 Å². The maximum Gasteiger partial charge on any atom is 0.504 e. The van der Waals surface area contributed by atoms with Crippen LogP contribution in [0.1, 0.15) is 0 Å². The van der Waals surface area contributed by atoms with Crippen molar-refractivity contribution in [2.75, 3.05) is 0 Å². The Morgan fingerprint density at radius 3 is 2.40 bits per heavy atom. The number of hydrogen-bond donors (Lipinski definition) is 1. The molecule has 0 atom stereocenters. The minimum absolute atomic E-state index is 0.276. The summed E-state index contributed by atoms with van der Waals surface area (Å²) in [6.07, 6.45) is 0. The molecule has 4 heteroatoms. The fraction of sp³-hybridized carbons (Fsp3) is 0. The summed E-state index contributed by atoms with van der Waals surface area (Å²) in [4.78, 5) is 0. The molecule has 52 valence electrons. The lowest BCUT2D eigenvalue weighted by molar-refractivity contribution is 0.454. The molecule has 0 aliphatic rings. The van der Waals surface area contributed by atoms with E-state index in [1.807, 2.05) is 12.1 Å². The van der Waals surface area contributed by atoms with E-state index in [1.54, 1.807) is 12.1 Å². The first kappa shape index (κ1) is 7.63. The van der Waals surface area contributed by atoms with E-state index in [-0.39, 0.29) is 7.69 Å². The van der Waals surface area contributed by atoms with Gasteiger partial charge in [0.2, 0.25) is 0 Å². The second-order valence-corrected chi connectivity index (χ2v) is 2.64. The van der Waals surface area contributed by atoms with E-state index >= 15 is 0 Å². The van der Waals surface area contributed by atoms with E-state index in [0.717, 1.165) is 4.47 Å². The maximum absolute atomic E-state index is 8.36. The zero-order valence-electron chi connectivity index (χ0n) is 5.25. The first-order valence-electron chi connectivity index (χ1n) is 2.82. The maximum atomic E-state index is 8.36. The zero-order valence-corrected chi connectivity index (χ0v) is 6.84. The van der Waals surface area contributed by atoms with Gasteiger partial charge in [-0.2, -0.15) is 0 Å². The van der Waals surface area contributed by atoms with Crippen molar-refractivity contribution >= 4 is 23.6 Å². The van der Waals surface area contributed by atoms with Crippen LogP contribution in [0.2, 0.25) is 0 Å². The molecule has 1 aromatic rings. The Labute approximate surface area is 68.3 Å². The van der Waals surface area contributed by atoms with Crippen molar-refractivity contribution in [1.29, 1.82) is 0 Å². The Morgan fingerprint density at radius 1 is 1.30 bits per heavy atom. The summed E-state index contributed by atoms with van der Waals surface area (Å²) in [5.41, 5.74) is 0. The van der Waals surface area contributed by atoms with Crippen molar-refractivity contribution < 1.29 is 9.68 Å². The molecule has 0 aliphatic heterocycles. The lowest BCUT2D eigenvalue weighted by atomic mass is 10.3. The summed E-state index contributed by atoms with van der Waals surface area (Å²) in [5, 5.41) is 8.36. The topological polar surface area (TPSA) is 29.5 Å². The highest BCUT2D eigenvalue weighted by atomic mass is 79.9. The molecule has 0 saturated heterocycles. The van der Waals surface area contributed by atoms with Crippen LogP contribution in [0.3, 0.4) is 0 Å². The fourth-order valence-electron chi connectivity index (χ4n) is 0.605. The van der Waals surface area contributed by atoms with E-state index in [4.69, 9.17) is 9.68 Å². The van der Waals surface area contributed by atoms with Crippen LogP contribution in [-0.4, -0.2) is 12.7 Å². The summed E-state index contributed by atoms with van der Waals surface area (Å²) in [6.45, 7) is 0. The van der Waals surface area contributed by atoms with E-state index in [2.05, 4.69) is 15.9 Å². The molecule has 1 rings (SSSR count). The monoisotopic (exact) mass is 200 g/mol. The summed E-state index contributed by atoms with van der Waals surface area (Å²) in [7, 11) is -0.276. The third kappa shape index (κ3) is 2.04. The molecule has 10 heavy (non-hydrogen) atoms. The van der Waals surface area contributed by atoms with Crippen LogP contribution in [0, 0.1) is 0 Å². The molecule has 0 spiro atoms. The molecule has 2 nitrogen and oxygen atoms in total. The molecular formula is C6H6BBrO2. The molecule has 0 unspecified atom stereocenters. The zero-order chi connectivity index (χ0) is 7.40. The normalized spacial score (nSPS) is 9.00. The highest BCUT2D eigenvalue weighted by molar-refractivity contribution is 9.10.